The van der Waals surface area contributed by atoms with Gasteiger partial charge in [-0.3, -0.25) is 0 Å². The number of imidazole rings is 1. The molecule has 1 aliphatic rings. The van der Waals surface area contributed by atoms with Crippen LogP contribution in [-0.2, 0) is 6.54 Å². The van der Waals surface area contributed by atoms with Gasteiger partial charge in [0.25, 0.3) is 0 Å². The summed E-state index contributed by atoms with van der Waals surface area (Å²) in [6.07, 6.45) is 15.0. The third-order valence-electron chi connectivity index (χ3n) is 4.92. The van der Waals surface area contributed by atoms with Crippen LogP contribution in [0.3, 0.4) is 0 Å². The first-order valence-electron chi connectivity index (χ1n) is 9.64. The van der Waals surface area contributed by atoms with Crippen molar-refractivity contribution >= 4 is 24.9 Å². The van der Waals surface area contributed by atoms with E-state index < -0.39 is 21.1 Å². The Balaban J connectivity index is 2.11. The van der Waals surface area contributed by atoms with Gasteiger partial charge in [-0.25, -0.2) is 0 Å². The van der Waals surface area contributed by atoms with E-state index in [-0.39, 0.29) is 0 Å². The molecule has 0 aliphatic carbocycles. The zero-order valence-electron chi connectivity index (χ0n) is 15.5. The summed E-state index contributed by atoms with van der Waals surface area (Å²) in [4.78, 5) is 4.87. The van der Waals surface area contributed by atoms with Crippen LogP contribution in [0.4, 0.5) is 0 Å². The van der Waals surface area contributed by atoms with E-state index in [1.54, 1.807) is 0 Å². The van der Waals surface area contributed by atoms with Crippen LogP contribution in [0.5, 0.6) is 6.01 Å². The van der Waals surface area contributed by atoms with Crippen molar-refractivity contribution in [3.63, 3.8) is 0 Å². The Labute approximate surface area is 152 Å². The Kier molecular flexibility index (Phi) is 7.77. The van der Waals surface area contributed by atoms with Crippen molar-refractivity contribution < 1.29 is 4.74 Å². The average Bonchev–Trinajstić information content (AvgIpc) is 3.05. The molecule has 4 heteroatoms. The number of rotatable bonds is 11. The molecule has 2 radical (unpaired) electrons. The molecule has 0 fully saturated rings. The molecule has 2 heterocycles. The Morgan fingerprint density at radius 2 is 1.70 bits per heavy atom. The van der Waals surface area contributed by atoms with E-state index >= 15 is 0 Å². The molecule has 0 saturated heterocycles. The van der Waals surface area contributed by atoms with E-state index in [2.05, 4.69) is 38.5 Å². The van der Waals surface area contributed by atoms with Gasteiger partial charge in [-0.1, -0.05) is 0 Å². The van der Waals surface area contributed by atoms with Crippen LogP contribution in [0.25, 0.3) is 0 Å². The Morgan fingerprint density at radius 1 is 1.13 bits per heavy atom. The Morgan fingerprint density at radius 3 is 2.17 bits per heavy atom. The molecule has 2 rings (SSSR count). The first-order chi connectivity index (χ1) is 11.1. The van der Waals surface area contributed by atoms with E-state index in [4.69, 9.17) is 9.72 Å². The molecular weight excluding hydrogens is 391 g/mol. The fourth-order valence-corrected chi connectivity index (χ4v) is 8.75. The van der Waals surface area contributed by atoms with E-state index in [1.807, 2.05) is 0 Å². The Hall–Kier alpha value is -0.191. The van der Waals surface area contributed by atoms with Gasteiger partial charge in [0.05, 0.1) is 0 Å². The minimum absolute atomic E-state index is 0.294. The molecule has 1 aliphatic heterocycles. The van der Waals surface area contributed by atoms with Crippen LogP contribution in [-0.4, -0.2) is 36.8 Å². The summed E-state index contributed by atoms with van der Waals surface area (Å²) in [5, 5.41) is 0. The normalized spacial score (nSPS) is 17.3. The minimum atomic E-state index is -0.706. The number of hydrogen-bond acceptors (Lipinski definition) is 2. The van der Waals surface area contributed by atoms with Gasteiger partial charge in [-0.05, 0) is 0 Å². The standard InChI is InChI=1S/C13H27.C6H7N2O.Sn/c1-4-7-10-13(11-8-5-2)12-9-6-3;1-5-4-8-3-2-7-6(8)9-5;/h4-12H2,1-3H3;3,5H,4H2,1H3;/t;5-;/m.1./s1. The first-order valence-corrected chi connectivity index (χ1v) is 12.5. The molecule has 0 amide bonds. The summed E-state index contributed by atoms with van der Waals surface area (Å²) >= 11 is -0.706. The first kappa shape index (κ1) is 19.1. The van der Waals surface area contributed by atoms with Crippen molar-refractivity contribution in [2.45, 2.75) is 102 Å². The zero-order valence-corrected chi connectivity index (χ0v) is 18.4. The fraction of sp³-hybridized carbons (Fsp3) is 0.842. The predicted molar refractivity (Wildman–Crippen MR) is 99.0 cm³/mol. The van der Waals surface area contributed by atoms with Crippen LogP contribution >= 0.6 is 0 Å². The molecule has 3 nitrogen and oxygen atoms in total. The molecule has 0 bridgehead atoms. The van der Waals surface area contributed by atoms with Crippen molar-refractivity contribution in [1.29, 1.82) is 0 Å². The van der Waals surface area contributed by atoms with Crippen LogP contribution in [0, 0.1) is 0 Å². The van der Waals surface area contributed by atoms with Gasteiger partial charge >= 0.3 is 153 Å². The summed E-state index contributed by atoms with van der Waals surface area (Å²) < 4.78 is 10.1. The molecule has 0 saturated carbocycles. The fourth-order valence-electron chi connectivity index (χ4n) is 3.56. The van der Waals surface area contributed by atoms with E-state index in [0.717, 1.165) is 12.6 Å². The van der Waals surface area contributed by atoms with Crippen LogP contribution in [0.2, 0.25) is 3.43 Å². The van der Waals surface area contributed by atoms with E-state index in [1.165, 1.54) is 61.5 Å². The summed E-state index contributed by atoms with van der Waals surface area (Å²) in [5.74, 6) is 0. The number of fused-ring (bicyclic) bond motifs is 1. The van der Waals surface area contributed by atoms with Crippen molar-refractivity contribution in [2.75, 3.05) is 0 Å². The predicted octanol–water partition coefficient (Wildman–Crippen LogP) is 4.72. The molecule has 23 heavy (non-hydrogen) atoms. The molecular formula is C19H34N2OSn. The molecule has 1 aromatic heterocycles. The zero-order chi connectivity index (χ0) is 16.7. The second kappa shape index (κ2) is 9.33. The van der Waals surface area contributed by atoms with Crippen molar-refractivity contribution in [3.05, 3.63) is 6.20 Å². The van der Waals surface area contributed by atoms with Crippen LogP contribution < -0.4 is 8.45 Å². The number of nitrogens with zero attached hydrogens (tertiary/aromatic N) is 2. The average molecular weight is 425 g/mol. The summed E-state index contributed by atoms with van der Waals surface area (Å²) in [6, 6.07) is 0.878. The van der Waals surface area contributed by atoms with Crippen molar-refractivity contribution in [3.8, 4) is 6.01 Å². The number of aromatic nitrogens is 2. The molecule has 130 valence electrons. The SMILES string of the molecule is CCCC[C](CCCC)(CCCC)[Sn][c]1cn2c(n1)O[C@H](C)C2. The van der Waals surface area contributed by atoms with Gasteiger partial charge in [0, 0.05) is 0 Å². The van der Waals surface area contributed by atoms with Crippen molar-refractivity contribution in [2.24, 2.45) is 0 Å². The second-order valence-electron chi connectivity index (χ2n) is 7.21. The summed E-state index contributed by atoms with van der Waals surface area (Å²) in [7, 11) is 0. The number of hydrogen-bond donors (Lipinski definition) is 0. The topological polar surface area (TPSA) is 27.1 Å². The molecule has 0 N–H and O–H groups in total. The van der Waals surface area contributed by atoms with E-state index in [9.17, 15) is 0 Å². The molecule has 0 aromatic carbocycles. The monoisotopic (exact) mass is 426 g/mol. The molecule has 1 atom stereocenters. The second-order valence-corrected chi connectivity index (χ2v) is 12.4. The molecule has 0 unspecified atom stereocenters. The molecule has 0 spiro atoms. The van der Waals surface area contributed by atoms with Crippen molar-refractivity contribution in [1.82, 2.24) is 9.55 Å². The van der Waals surface area contributed by atoms with Gasteiger partial charge < -0.3 is 0 Å². The number of unbranched alkanes of at least 4 members (excludes halogenated alkanes) is 3. The van der Waals surface area contributed by atoms with Crippen LogP contribution in [0.1, 0.15) is 85.5 Å². The summed E-state index contributed by atoms with van der Waals surface area (Å²) in [6.45, 7) is 10.1. The van der Waals surface area contributed by atoms with Crippen LogP contribution in [0.15, 0.2) is 6.20 Å². The van der Waals surface area contributed by atoms with Gasteiger partial charge in [-0.2, -0.15) is 0 Å². The Bertz CT molecular complexity index is 427. The third kappa shape index (κ3) is 5.40. The quantitative estimate of drug-likeness (QED) is 0.480. The number of ether oxygens (including phenoxy) is 1. The molecule has 1 aromatic rings. The maximum atomic E-state index is 5.82. The van der Waals surface area contributed by atoms with Gasteiger partial charge in [0.15, 0.2) is 0 Å². The third-order valence-corrected chi connectivity index (χ3v) is 9.99. The van der Waals surface area contributed by atoms with Gasteiger partial charge in [0.1, 0.15) is 0 Å². The maximum absolute atomic E-state index is 5.82. The van der Waals surface area contributed by atoms with Gasteiger partial charge in [-0.15, -0.1) is 0 Å². The van der Waals surface area contributed by atoms with E-state index in [0.29, 0.717) is 9.53 Å². The summed E-state index contributed by atoms with van der Waals surface area (Å²) in [5.41, 5.74) is 0. The van der Waals surface area contributed by atoms with Gasteiger partial charge in [0.2, 0.25) is 0 Å².